The molecule has 0 spiro atoms. The van der Waals surface area contributed by atoms with Gasteiger partial charge in [0, 0.05) is 49.5 Å². The molecule has 1 atom stereocenters. The number of nitrogens with one attached hydrogen (secondary N) is 1. The summed E-state index contributed by atoms with van der Waals surface area (Å²) in [5, 5.41) is 3.16. The molecule has 0 aliphatic carbocycles. The number of nitrogens with zero attached hydrogens (tertiary/aromatic N) is 4. The van der Waals surface area contributed by atoms with E-state index in [9.17, 15) is 18.4 Å². The Morgan fingerprint density at radius 1 is 0.897 bits per heavy atom. The maximum absolute atomic E-state index is 14.4. The Kier molecular flexibility index (Phi) is 6.99. The number of fused-ring (bicyclic) bond motifs is 1. The molecule has 39 heavy (non-hydrogen) atoms. The lowest BCUT2D eigenvalue weighted by atomic mass is 10.0. The fourth-order valence-corrected chi connectivity index (χ4v) is 5.90. The number of rotatable bonds is 5. The van der Waals surface area contributed by atoms with E-state index in [1.807, 2.05) is 35.2 Å². The van der Waals surface area contributed by atoms with Crippen molar-refractivity contribution < 1.29 is 18.4 Å². The van der Waals surface area contributed by atoms with E-state index in [1.54, 1.807) is 6.20 Å². The second-order valence-electron chi connectivity index (χ2n) is 10.5. The summed E-state index contributed by atoms with van der Waals surface area (Å²) in [6.45, 7) is 4.71. The molecule has 7 nitrogen and oxygen atoms in total. The summed E-state index contributed by atoms with van der Waals surface area (Å²) >= 11 is 0. The normalized spacial score (nSPS) is 19.2. The van der Waals surface area contributed by atoms with Crippen LogP contribution < -0.4 is 10.2 Å². The molecule has 0 bridgehead atoms. The van der Waals surface area contributed by atoms with Crippen LogP contribution in [0.4, 0.5) is 20.3 Å². The number of carbonyl (C=O) groups excluding carboxylic acids is 2. The lowest BCUT2D eigenvalue weighted by Gasteiger charge is -2.30. The second kappa shape index (κ2) is 10.7. The van der Waals surface area contributed by atoms with E-state index in [-0.39, 0.29) is 24.1 Å². The molecule has 0 saturated carbocycles. The van der Waals surface area contributed by atoms with Gasteiger partial charge in [0.15, 0.2) is 0 Å². The highest BCUT2D eigenvalue weighted by Crippen LogP contribution is 2.33. The molecule has 6 rings (SSSR count). The molecule has 3 aromatic rings. The Bertz CT molecular complexity index is 1390. The summed E-state index contributed by atoms with van der Waals surface area (Å²) in [4.78, 5) is 36.9. The monoisotopic (exact) mass is 531 g/mol. The minimum atomic E-state index is -0.772. The van der Waals surface area contributed by atoms with Crippen LogP contribution in [-0.4, -0.2) is 71.9 Å². The van der Waals surface area contributed by atoms with Crippen LogP contribution in [0.3, 0.4) is 0 Å². The summed E-state index contributed by atoms with van der Waals surface area (Å²) in [6, 6.07) is 12.4. The molecule has 0 unspecified atom stereocenters. The Labute approximate surface area is 226 Å². The van der Waals surface area contributed by atoms with Crippen LogP contribution in [0.2, 0.25) is 0 Å². The number of benzene rings is 2. The Hall–Kier alpha value is -3.85. The van der Waals surface area contributed by atoms with Gasteiger partial charge in [-0.05, 0) is 80.7 Å². The largest absolute Gasteiger partial charge is 0.367 e. The highest BCUT2D eigenvalue weighted by Gasteiger charge is 2.31. The zero-order valence-electron chi connectivity index (χ0n) is 21.7. The van der Waals surface area contributed by atoms with Crippen molar-refractivity contribution in [3.8, 4) is 11.1 Å². The van der Waals surface area contributed by atoms with Gasteiger partial charge in [-0.2, -0.15) is 0 Å². The Morgan fingerprint density at radius 2 is 1.69 bits per heavy atom. The average Bonchev–Trinajstić information content (AvgIpc) is 3.66. The lowest BCUT2D eigenvalue weighted by molar-refractivity contribution is 0.0708. The van der Waals surface area contributed by atoms with E-state index in [4.69, 9.17) is 0 Å². The van der Waals surface area contributed by atoms with Crippen molar-refractivity contribution in [3.63, 3.8) is 0 Å². The van der Waals surface area contributed by atoms with Crippen LogP contribution in [0.15, 0.2) is 54.7 Å². The first-order valence-electron chi connectivity index (χ1n) is 13.6. The van der Waals surface area contributed by atoms with Crippen LogP contribution in [-0.2, 0) is 0 Å². The molecule has 2 aromatic carbocycles. The van der Waals surface area contributed by atoms with Gasteiger partial charge in [0.05, 0.1) is 11.3 Å². The highest BCUT2D eigenvalue weighted by molar-refractivity contribution is 6.08. The number of anilines is 2. The fraction of sp³-hybridized carbons (Fsp3) is 0.367. The number of halogens is 2. The Morgan fingerprint density at radius 3 is 2.49 bits per heavy atom. The first-order chi connectivity index (χ1) is 19.0. The van der Waals surface area contributed by atoms with Crippen LogP contribution in [0, 0.1) is 11.6 Å². The molecule has 2 saturated heterocycles. The van der Waals surface area contributed by atoms with E-state index >= 15 is 0 Å². The van der Waals surface area contributed by atoms with Crippen LogP contribution in [0.25, 0.3) is 11.1 Å². The molecule has 3 aliphatic rings. The summed E-state index contributed by atoms with van der Waals surface area (Å²) < 4.78 is 28.1. The molecule has 2 amide bonds. The first kappa shape index (κ1) is 25.4. The summed E-state index contributed by atoms with van der Waals surface area (Å²) in [6.07, 6.45) is 6.26. The summed E-state index contributed by atoms with van der Waals surface area (Å²) in [5.74, 6) is -1.51. The predicted molar refractivity (Wildman–Crippen MR) is 146 cm³/mol. The number of pyridine rings is 1. The quantitative estimate of drug-likeness (QED) is 0.512. The number of amides is 2. The molecule has 4 heterocycles. The van der Waals surface area contributed by atoms with Crippen molar-refractivity contribution in [1.29, 1.82) is 0 Å². The zero-order valence-corrected chi connectivity index (χ0v) is 21.7. The molecular formula is C30H31F2N5O2. The standard InChI is InChI=1S/C30H31F2N5O2/c31-23-9-10-26(32)25(17-23)30(39)37-15-11-33-28-27(37)16-22(18-34-28)20-5-7-21(8-6-20)29(38)36-14-3-4-24(36)19-35-12-1-2-13-35/h5-10,16-18,24H,1-4,11-15,19H2,(H,33,34)/t24-/m0/s1. The minimum absolute atomic E-state index is 0.0601. The van der Waals surface area contributed by atoms with Gasteiger partial charge in [0.1, 0.15) is 17.5 Å². The SMILES string of the molecule is O=C(c1cc(F)ccc1F)N1CCNc2ncc(-c3ccc(C(=O)N4CCC[C@H]4CN4CCCC4)cc3)cc21. The van der Waals surface area contributed by atoms with Crippen molar-refractivity contribution in [2.24, 2.45) is 0 Å². The minimum Gasteiger partial charge on any atom is -0.367 e. The van der Waals surface area contributed by atoms with Gasteiger partial charge in [-0.25, -0.2) is 13.8 Å². The van der Waals surface area contributed by atoms with Gasteiger partial charge in [-0.1, -0.05) is 12.1 Å². The van der Waals surface area contributed by atoms with Crippen molar-refractivity contribution in [3.05, 3.63) is 77.5 Å². The maximum Gasteiger partial charge on any atom is 0.261 e. The number of carbonyl (C=O) groups is 2. The van der Waals surface area contributed by atoms with Gasteiger partial charge in [0.25, 0.3) is 11.8 Å². The Balaban J connectivity index is 1.22. The number of hydrogen-bond donors (Lipinski definition) is 1. The second-order valence-corrected chi connectivity index (χ2v) is 10.5. The molecule has 9 heteroatoms. The van der Waals surface area contributed by atoms with E-state index in [1.165, 1.54) is 17.7 Å². The fourth-order valence-electron chi connectivity index (χ4n) is 5.90. The number of likely N-dealkylation sites (tertiary alicyclic amines) is 2. The van der Waals surface area contributed by atoms with Gasteiger partial charge in [-0.15, -0.1) is 0 Å². The lowest BCUT2D eigenvalue weighted by Crippen LogP contribution is -2.42. The van der Waals surface area contributed by atoms with Crippen LogP contribution in [0.5, 0.6) is 0 Å². The molecule has 0 radical (unpaired) electrons. The van der Waals surface area contributed by atoms with Gasteiger partial charge >= 0.3 is 0 Å². The molecular weight excluding hydrogens is 500 g/mol. The third-order valence-corrected chi connectivity index (χ3v) is 7.96. The van der Waals surface area contributed by atoms with Gasteiger partial charge in [-0.3, -0.25) is 9.59 Å². The van der Waals surface area contributed by atoms with Gasteiger partial charge in [0.2, 0.25) is 0 Å². The third kappa shape index (κ3) is 5.11. The topological polar surface area (TPSA) is 68.8 Å². The third-order valence-electron chi connectivity index (χ3n) is 7.96. The summed E-state index contributed by atoms with van der Waals surface area (Å²) in [7, 11) is 0. The molecule has 3 aliphatic heterocycles. The predicted octanol–water partition coefficient (Wildman–Crippen LogP) is 4.80. The highest BCUT2D eigenvalue weighted by atomic mass is 19.1. The van der Waals surface area contributed by atoms with E-state index < -0.39 is 17.5 Å². The van der Waals surface area contributed by atoms with Crippen LogP contribution in [0.1, 0.15) is 46.4 Å². The van der Waals surface area contributed by atoms with E-state index in [2.05, 4.69) is 15.2 Å². The molecule has 2 fully saturated rings. The molecule has 1 aromatic heterocycles. The first-order valence-corrected chi connectivity index (χ1v) is 13.6. The van der Waals surface area contributed by atoms with Gasteiger partial charge < -0.3 is 20.0 Å². The number of hydrogen-bond acceptors (Lipinski definition) is 5. The van der Waals surface area contributed by atoms with Crippen molar-refractivity contribution in [2.75, 3.05) is 49.5 Å². The average molecular weight is 532 g/mol. The van der Waals surface area contributed by atoms with Crippen molar-refractivity contribution >= 4 is 23.3 Å². The molecule has 202 valence electrons. The molecule has 1 N–H and O–H groups in total. The van der Waals surface area contributed by atoms with Crippen molar-refractivity contribution in [1.82, 2.24) is 14.8 Å². The van der Waals surface area contributed by atoms with Crippen molar-refractivity contribution in [2.45, 2.75) is 31.7 Å². The maximum atomic E-state index is 14.4. The van der Waals surface area contributed by atoms with E-state index in [0.717, 1.165) is 68.3 Å². The number of aromatic nitrogens is 1. The summed E-state index contributed by atoms with van der Waals surface area (Å²) in [5.41, 5.74) is 2.42. The van der Waals surface area contributed by atoms with E-state index in [0.29, 0.717) is 23.6 Å². The zero-order chi connectivity index (χ0) is 26.9. The smallest absolute Gasteiger partial charge is 0.261 e. The van der Waals surface area contributed by atoms with Crippen LogP contribution >= 0.6 is 0 Å².